The molecular weight excluding hydrogens is 368 g/mol. The van der Waals surface area contributed by atoms with Gasteiger partial charge in [-0.1, -0.05) is 24.3 Å². The Balaban J connectivity index is 1.51. The van der Waals surface area contributed by atoms with Crippen molar-refractivity contribution in [3.63, 3.8) is 0 Å². The third kappa shape index (κ3) is 3.92. The summed E-state index contributed by atoms with van der Waals surface area (Å²) < 4.78 is 32.6. The van der Waals surface area contributed by atoms with Crippen LogP contribution in [0.15, 0.2) is 48.5 Å². The fourth-order valence-electron chi connectivity index (χ4n) is 2.83. The van der Waals surface area contributed by atoms with E-state index in [1.54, 1.807) is 31.4 Å². The van der Waals surface area contributed by atoms with Crippen LogP contribution in [-0.4, -0.2) is 41.7 Å². The molecule has 2 amide bonds. The van der Waals surface area contributed by atoms with E-state index in [1.165, 1.54) is 15.7 Å². The topological polar surface area (TPSA) is 91.0 Å². The summed E-state index contributed by atoms with van der Waals surface area (Å²) in [6.07, 6.45) is 0. The van der Waals surface area contributed by atoms with Crippen LogP contribution in [0.2, 0.25) is 0 Å². The van der Waals surface area contributed by atoms with E-state index >= 15 is 0 Å². The summed E-state index contributed by atoms with van der Waals surface area (Å²) in [5, 5.41) is 5.43. The molecule has 144 valence electrons. The first-order valence-electron chi connectivity index (χ1n) is 8.44. The zero-order valence-electron chi connectivity index (χ0n) is 15.2. The van der Waals surface area contributed by atoms with Crippen LogP contribution in [-0.2, 0) is 16.8 Å². The highest BCUT2D eigenvalue weighted by Crippen LogP contribution is 2.38. The predicted molar refractivity (Wildman–Crippen MR) is 104 cm³/mol. The van der Waals surface area contributed by atoms with Crippen LogP contribution in [0.25, 0.3) is 0 Å². The third-order valence-electron chi connectivity index (χ3n) is 4.33. The molecule has 0 unspecified atom stereocenters. The summed E-state index contributed by atoms with van der Waals surface area (Å²) in [6, 6.07) is 14.1. The molecule has 0 bridgehead atoms. The number of urea groups is 1. The van der Waals surface area contributed by atoms with Crippen LogP contribution in [0.4, 0.5) is 16.2 Å². The van der Waals surface area contributed by atoms with E-state index in [4.69, 9.17) is 4.74 Å². The van der Waals surface area contributed by atoms with Gasteiger partial charge in [0.25, 0.3) is 0 Å². The molecule has 0 aromatic heterocycles. The van der Waals surface area contributed by atoms with Gasteiger partial charge in [-0.25, -0.2) is 9.10 Å². The SMILES string of the molecule is COc1ccc(CNC(=O)NCCN2c3ccccc3N(C)S2(=O)=O)cc1. The molecular formula is C18H22N4O4S. The van der Waals surface area contributed by atoms with Crippen LogP contribution < -0.4 is 24.0 Å². The number of anilines is 2. The highest BCUT2D eigenvalue weighted by atomic mass is 32.2. The minimum Gasteiger partial charge on any atom is -0.497 e. The van der Waals surface area contributed by atoms with E-state index in [2.05, 4.69) is 10.6 Å². The lowest BCUT2D eigenvalue weighted by atomic mass is 10.2. The van der Waals surface area contributed by atoms with Crippen LogP contribution in [0.3, 0.4) is 0 Å². The summed E-state index contributed by atoms with van der Waals surface area (Å²) in [4.78, 5) is 12.0. The fraction of sp³-hybridized carbons (Fsp3) is 0.278. The maximum Gasteiger partial charge on any atom is 0.326 e. The average molecular weight is 390 g/mol. The molecule has 2 N–H and O–H groups in total. The summed E-state index contributed by atoms with van der Waals surface area (Å²) in [5.74, 6) is 0.750. The number of ether oxygens (including phenoxy) is 1. The zero-order chi connectivity index (χ0) is 19.4. The molecule has 1 aliphatic heterocycles. The first kappa shape index (κ1) is 18.8. The minimum absolute atomic E-state index is 0.152. The van der Waals surface area contributed by atoms with E-state index in [1.807, 2.05) is 24.3 Å². The van der Waals surface area contributed by atoms with Crippen molar-refractivity contribution < 1.29 is 17.9 Å². The lowest BCUT2D eigenvalue weighted by Crippen LogP contribution is -2.43. The molecule has 27 heavy (non-hydrogen) atoms. The highest BCUT2D eigenvalue weighted by Gasteiger charge is 2.37. The molecule has 8 nitrogen and oxygen atoms in total. The largest absolute Gasteiger partial charge is 0.497 e. The lowest BCUT2D eigenvalue weighted by molar-refractivity contribution is 0.241. The number of carbonyl (C=O) groups is 1. The van der Waals surface area contributed by atoms with Gasteiger partial charge in [0, 0.05) is 20.1 Å². The second-order valence-corrected chi connectivity index (χ2v) is 7.88. The molecule has 1 aliphatic rings. The van der Waals surface area contributed by atoms with Crippen molar-refractivity contribution >= 4 is 27.6 Å². The number of rotatable bonds is 6. The molecule has 0 spiro atoms. The first-order valence-corrected chi connectivity index (χ1v) is 9.83. The Morgan fingerprint density at radius 2 is 1.70 bits per heavy atom. The number of para-hydroxylation sites is 2. The van der Waals surface area contributed by atoms with Crippen LogP contribution in [0.5, 0.6) is 5.75 Å². The number of fused-ring (bicyclic) bond motifs is 1. The van der Waals surface area contributed by atoms with Crippen molar-refractivity contribution in [1.29, 1.82) is 0 Å². The number of hydrogen-bond donors (Lipinski definition) is 2. The fourth-order valence-corrected chi connectivity index (χ4v) is 4.26. The van der Waals surface area contributed by atoms with E-state index in [-0.39, 0.29) is 19.1 Å². The van der Waals surface area contributed by atoms with Crippen molar-refractivity contribution in [3.8, 4) is 5.75 Å². The monoisotopic (exact) mass is 390 g/mol. The Bertz CT molecular complexity index is 915. The Morgan fingerprint density at radius 3 is 2.37 bits per heavy atom. The molecule has 0 radical (unpaired) electrons. The molecule has 0 saturated carbocycles. The Hall–Kier alpha value is -2.94. The molecule has 9 heteroatoms. The number of benzene rings is 2. The van der Waals surface area contributed by atoms with Gasteiger partial charge < -0.3 is 15.4 Å². The second kappa shape index (κ2) is 7.75. The predicted octanol–water partition coefficient (Wildman–Crippen LogP) is 1.70. The van der Waals surface area contributed by atoms with Crippen LogP contribution in [0, 0.1) is 0 Å². The number of nitrogens with one attached hydrogen (secondary N) is 2. The summed E-state index contributed by atoms with van der Waals surface area (Å²) in [5.41, 5.74) is 2.17. The van der Waals surface area contributed by atoms with E-state index in [0.717, 1.165) is 11.3 Å². The Morgan fingerprint density at radius 1 is 1.04 bits per heavy atom. The minimum atomic E-state index is -3.60. The van der Waals surface area contributed by atoms with Gasteiger partial charge in [-0.15, -0.1) is 0 Å². The van der Waals surface area contributed by atoms with E-state index < -0.39 is 10.2 Å². The maximum atomic E-state index is 12.5. The normalized spacial score (nSPS) is 14.6. The summed E-state index contributed by atoms with van der Waals surface area (Å²) in [7, 11) is -0.490. The summed E-state index contributed by atoms with van der Waals surface area (Å²) in [6.45, 7) is 0.707. The number of hydrogen-bond acceptors (Lipinski definition) is 4. The Labute approximate surface area is 158 Å². The van der Waals surface area contributed by atoms with Gasteiger partial charge in [0.1, 0.15) is 5.75 Å². The summed E-state index contributed by atoms with van der Waals surface area (Å²) >= 11 is 0. The molecule has 0 aliphatic carbocycles. The van der Waals surface area contributed by atoms with Gasteiger partial charge in [0.05, 0.1) is 25.0 Å². The van der Waals surface area contributed by atoms with Gasteiger partial charge in [0.2, 0.25) is 0 Å². The molecule has 0 fully saturated rings. The van der Waals surface area contributed by atoms with E-state index in [9.17, 15) is 13.2 Å². The van der Waals surface area contributed by atoms with Gasteiger partial charge in [-0.3, -0.25) is 4.31 Å². The van der Waals surface area contributed by atoms with Gasteiger partial charge in [0.15, 0.2) is 0 Å². The molecule has 2 aromatic rings. The van der Waals surface area contributed by atoms with Crippen molar-refractivity contribution in [2.24, 2.45) is 0 Å². The quantitative estimate of drug-likeness (QED) is 0.785. The standard InChI is InChI=1S/C18H22N4O4S/c1-21-16-5-3-4-6-17(16)22(27(21,24)25)12-11-19-18(23)20-13-14-7-9-15(26-2)10-8-14/h3-10H,11-13H2,1-2H3,(H2,19,20,23). The smallest absolute Gasteiger partial charge is 0.326 e. The lowest BCUT2D eigenvalue weighted by Gasteiger charge is -2.19. The van der Waals surface area contributed by atoms with Crippen LogP contribution >= 0.6 is 0 Å². The van der Waals surface area contributed by atoms with Crippen molar-refractivity contribution in [2.45, 2.75) is 6.54 Å². The average Bonchev–Trinajstić information content (AvgIpc) is 2.87. The molecule has 1 heterocycles. The third-order valence-corrected chi connectivity index (χ3v) is 6.15. The highest BCUT2D eigenvalue weighted by molar-refractivity contribution is 7.94. The van der Waals surface area contributed by atoms with Crippen molar-refractivity contribution in [1.82, 2.24) is 10.6 Å². The zero-order valence-corrected chi connectivity index (χ0v) is 16.0. The van der Waals surface area contributed by atoms with Gasteiger partial charge in [-0.05, 0) is 29.8 Å². The van der Waals surface area contributed by atoms with Crippen LogP contribution in [0.1, 0.15) is 5.56 Å². The van der Waals surface area contributed by atoms with Gasteiger partial charge in [-0.2, -0.15) is 8.42 Å². The number of amides is 2. The number of nitrogens with zero attached hydrogens (tertiary/aromatic N) is 2. The molecule has 0 saturated heterocycles. The Kier molecular flexibility index (Phi) is 5.41. The first-order chi connectivity index (χ1) is 12.9. The maximum absolute atomic E-state index is 12.5. The second-order valence-electron chi connectivity index (χ2n) is 5.99. The van der Waals surface area contributed by atoms with Gasteiger partial charge >= 0.3 is 16.2 Å². The number of carbonyl (C=O) groups excluding carboxylic acids is 1. The van der Waals surface area contributed by atoms with E-state index in [0.29, 0.717) is 17.9 Å². The number of methoxy groups -OCH3 is 1. The van der Waals surface area contributed by atoms with Crippen molar-refractivity contribution in [3.05, 3.63) is 54.1 Å². The molecule has 3 rings (SSSR count). The molecule has 2 aromatic carbocycles. The van der Waals surface area contributed by atoms with Crippen molar-refractivity contribution in [2.75, 3.05) is 35.9 Å². The molecule has 0 atom stereocenters.